The van der Waals surface area contributed by atoms with Gasteiger partial charge in [0.15, 0.2) is 6.23 Å². The van der Waals surface area contributed by atoms with E-state index < -0.39 is 11.8 Å². The average Bonchev–Trinajstić information content (AvgIpc) is 3.28. The molecule has 1 aromatic heterocycles. The van der Waals surface area contributed by atoms with Gasteiger partial charge in [-0.1, -0.05) is 24.3 Å². The Kier molecular flexibility index (Phi) is 2.40. The molecule has 0 amide bonds. The molecule has 2 unspecified atom stereocenters. The van der Waals surface area contributed by atoms with E-state index in [1.807, 2.05) is 12.1 Å². The Morgan fingerprint density at radius 3 is 2.90 bits per heavy atom. The number of nitrogens with zero attached hydrogens (tertiary/aromatic N) is 1. The number of nitrogens with two attached hydrogens (primary N) is 2. The predicted octanol–water partition coefficient (Wildman–Crippen LogP) is 1.84. The maximum Gasteiger partial charge on any atom is 0.174 e. The third kappa shape index (κ3) is 1.58. The first kappa shape index (κ1) is 11.9. The summed E-state index contributed by atoms with van der Waals surface area (Å²) in [4.78, 5) is 4.07. The van der Waals surface area contributed by atoms with Crippen molar-refractivity contribution in [3.05, 3.63) is 59.4 Å². The molecule has 2 aliphatic rings. The Morgan fingerprint density at radius 2 is 2.10 bits per heavy atom. The molecule has 1 aliphatic carbocycles. The van der Waals surface area contributed by atoms with Crippen LogP contribution in [-0.2, 0) is 5.54 Å². The lowest BCUT2D eigenvalue weighted by molar-refractivity contribution is 0.177. The molecule has 0 saturated heterocycles. The average molecular weight is 267 g/mol. The van der Waals surface area contributed by atoms with E-state index in [-0.39, 0.29) is 0 Å². The van der Waals surface area contributed by atoms with E-state index in [9.17, 15) is 0 Å². The van der Waals surface area contributed by atoms with Crippen molar-refractivity contribution >= 4 is 0 Å². The molecule has 2 aromatic rings. The summed E-state index contributed by atoms with van der Waals surface area (Å²) in [5.41, 5.74) is 15.3. The Bertz CT molecular complexity index is 668. The third-order valence-electron chi connectivity index (χ3n) is 4.35. The highest BCUT2D eigenvalue weighted by molar-refractivity contribution is 5.50. The molecular formula is C16H17N3O. The Labute approximate surface area is 117 Å². The number of fused-ring (bicyclic) bond motifs is 1. The molecule has 0 radical (unpaired) electrons. The number of hydrogen-bond acceptors (Lipinski definition) is 4. The molecule has 4 nitrogen and oxygen atoms in total. The number of pyridine rings is 1. The zero-order chi connectivity index (χ0) is 13.7. The van der Waals surface area contributed by atoms with Crippen molar-refractivity contribution < 1.29 is 4.74 Å². The quantitative estimate of drug-likeness (QED) is 0.870. The van der Waals surface area contributed by atoms with Crippen LogP contribution >= 0.6 is 0 Å². The smallest absolute Gasteiger partial charge is 0.174 e. The molecule has 1 aromatic carbocycles. The minimum Gasteiger partial charge on any atom is -0.471 e. The van der Waals surface area contributed by atoms with Gasteiger partial charge in [-0.3, -0.25) is 10.7 Å². The van der Waals surface area contributed by atoms with Crippen LogP contribution in [0.1, 0.15) is 35.4 Å². The number of hydrogen-bond donors (Lipinski definition) is 2. The van der Waals surface area contributed by atoms with E-state index in [2.05, 4.69) is 23.2 Å². The first-order valence-corrected chi connectivity index (χ1v) is 6.95. The lowest BCUT2D eigenvalue weighted by atomic mass is 9.83. The molecule has 2 atom stereocenters. The highest BCUT2D eigenvalue weighted by atomic mass is 16.5. The second-order valence-corrected chi connectivity index (χ2v) is 5.68. The maximum absolute atomic E-state index is 6.65. The summed E-state index contributed by atoms with van der Waals surface area (Å²) in [6.07, 6.45) is 5.35. The highest BCUT2D eigenvalue weighted by Crippen LogP contribution is 2.44. The minimum absolute atomic E-state index is 0.587. The van der Waals surface area contributed by atoms with Crippen LogP contribution in [0.3, 0.4) is 0 Å². The van der Waals surface area contributed by atoms with Gasteiger partial charge in [-0.25, -0.2) is 0 Å². The second kappa shape index (κ2) is 4.04. The van der Waals surface area contributed by atoms with Gasteiger partial charge in [-0.15, -0.1) is 0 Å². The Balaban J connectivity index is 1.85. The Hall–Kier alpha value is -1.91. The summed E-state index contributed by atoms with van der Waals surface area (Å²) < 4.78 is 5.68. The summed E-state index contributed by atoms with van der Waals surface area (Å²) >= 11 is 0. The number of rotatable bonds is 2. The molecular weight excluding hydrogens is 250 g/mol. The van der Waals surface area contributed by atoms with Crippen LogP contribution in [0.4, 0.5) is 0 Å². The molecule has 102 valence electrons. The van der Waals surface area contributed by atoms with Crippen LogP contribution in [0, 0.1) is 0 Å². The van der Waals surface area contributed by atoms with Crippen molar-refractivity contribution in [1.82, 2.24) is 4.98 Å². The topological polar surface area (TPSA) is 74.2 Å². The van der Waals surface area contributed by atoms with E-state index in [4.69, 9.17) is 16.2 Å². The first-order valence-electron chi connectivity index (χ1n) is 6.95. The van der Waals surface area contributed by atoms with Crippen LogP contribution in [0.15, 0.2) is 42.7 Å². The van der Waals surface area contributed by atoms with E-state index in [1.54, 1.807) is 12.4 Å². The third-order valence-corrected chi connectivity index (χ3v) is 4.35. The lowest BCUT2D eigenvalue weighted by Gasteiger charge is -2.28. The van der Waals surface area contributed by atoms with Gasteiger partial charge in [0.25, 0.3) is 0 Å². The van der Waals surface area contributed by atoms with E-state index >= 15 is 0 Å². The highest BCUT2D eigenvalue weighted by Gasteiger charge is 2.46. The van der Waals surface area contributed by atoms with E-state index in [0.29, 0.717) is 11.7 Å². The monoisotopic (exact) mass is 267 g/mol. The largest absolute Gasteiger partial charge is 0.471 e. The van der Waals surface area contributed by atoms with Crippen molar-refractivity contribution in [2.24, 2.45) is 11.5 Å². The van der Waals surface area contributed by atoms with Gasteiger partial charge >= 0.3 is 0 Å². The van der Waals surface area contributed by atoms with Crippen molar-refractivity contribution in [3.8, 4) is 5.75 Å². The number of aromatic nitrogens is 1. The molecule has 4 heteroatoms. The fourth-order valence-corrected chi connectivity index (χ4v) is 2.98. The molecule has 4 rings (SSSR count). The van der Waals surface area contributed by atoms with Crippen molar-refractivity contribution in [2.45, 2.75) is 30.5 Å². The van der Waals surface area contributed by atoms with Gasteiger partial charge < -0.3 is 10.5 Å². The van der Waals surface area contributed by atoms with Crippen molar-refractivity contribution in [3.63, 3.8) is 0 Å². The van der Waals surface area contributed by atoms with Crippen LogP contribution in [0.2, 0.25) is 0 Å². The molecule has 4 N–H and O–H groups in total. The summed E-state index contributed by atoms with van der Waals surface area (Å²) in [5.74, 6) is 1.37. The van der Waals surface area contributed by atoms with Crippen LogP contribution < -0.4 is 16.2 Å². The molecule has 0 bridgehead atoms. The summed E-state index contributed by atoms with van der Waals surface area (Å²) in [6, 6.07) is 10.3. The number of ether oxygens (including phenoxy) is 1. The van der Waals surface area contributed by atoms with Crippen LogP contribution in [-0.4, -0.2) is 11.2 Å². The van der Waals surface area contributed by atoms with Gasteiger partial charge in [0, 0.05) is 11.8 Å². The SMILES string of the molecule is NC1Oc2cnccc2C1(N)c1cccc(C2CC2)c1. The molecule has 0 spiro atoms. The summed E-state index contributed by atoms with van der Waals surface area (Å²) in [5, 5.41) is 0. The summed E-state index contributed by atoms with van der Waals surface area (Å²) in [7, 11) is 0. The van der Waals surface area contributed by atoms with Gasteiger partial charge in [0.1, 0.15) is 11.3 Å². The van der Waals surface area contributed by atoms with Crippen molar-refractivity contribution in [2.75, 3.05) is 0 Å². The van der Waals surface area contributed by atoms with Gasteiger partial charge in [0.05, 0.1) is 6.20 Å². The standard InChI is InChI=1S/C16H17N3O/c17-15-16(18,13-6-7-19-9-14(13)20-15)12-3-1-2-11(8-12)10-4-5-10/h1-3,6-10,15H,4-5,17-18H2. The van der Waals surface area contributed by atoms with Crippen LogP contribution in [0.25, 0.3) is 0 Å². The fourth-order valence-electron chi connectivity index (χ4n) is 2.98. The lowest BCUT2D eigenvalue weighted by Crippen LogP contribution is -2.52. The molecule has 20 heavy (non-hydrogen) atoms. The molecule has 1 saturated carbocycles. The fraction of sp³-hybridized carbons (Fsp3) is 0.312. The number of benzene rings is 1. The molecule has 2 heterocycles. The van der Waals surface area contributed by atoms with E-state index in [0.717, 1.165) is 11.1 Å². The van der Waals surface area contributed by atoms with Crippen LogP contribution in [0.5, 0.6) is 5.75 Å². The molecule has 1 aliphatic heterocycles. The van der Waals surface area contributed by atoms with Gasteiger partial charge in [-0.2, -0.15) is 0 Å². The Morgan fingerprint density at radius 1 is 1.25 bits per heavy atom. The zero-order valence-corrected chi connectivity index (χ0v) is 11.1. The first-order chi connectivity index (χ1) is 9.69. The predicted molar refractivity (Wildman–Crippen MR) is 76.2 cm³/mol. The molecule has 1 fully saturated rings. The summed E-state index contributed by atoms with van der Waals surface area (Å²) in [6.45, 7) is 0. The maximum atomic E-state index is 6.65. The van der Waals surface area contributed by atoms with E-state index in [1.165, 1.54) is 18.4 Å². The minimum atomic E-state index is -0.802. The normalized spacial score (nSPS) is 28.0. The van der Waals surface area contributed by atoms with Gasteiger partial charge in [-0.05, 0) is 36.0 Å². The second-order valence-electron chi connectivity index (χ2n) is 5.68. The zero-order valence-electron chi connectivity index (χ0n) is 11.1. The van der Waals surface area contributed by atoms with Crippen molar-refractivity contribution in [1.29, 1.82) is 0 Å². The van der Waals surface area contributed by atoms with Gasteiger partial charge in [0.2, 0.25) is 0 Å².